The van der Waals surface area contributed by atoms with Crippen LogP contribution in [0.5, 0.6) is 5.75 Å². The molecule has 1 atom stereocenters. The summed E-state index contributed by atoms with van der Waals surface area (Å²) >= 11 is 0. The molecule has 176 valence electrons. The fraction of sp³-hybridized carbons (Fsp3) is 0.381. The number of benzene rings is 2. The highest BCUT2D eigenvalue weighted by Gasteiger charge is 2.22. The number of hydrogen-bond donors (Lipinski definition) is 2. The van der Waals surface area contributed by atoms with Gasteiger partial charge in [0.15, 0.2) is 5.58 Å². The van der Waals surface area contributed by atoms with Gasteiger partial charge in [-0.2, -0.15) is 0 Å². The number of halogens is 1. The molecule has 3 N–H and O–H groups in total. The van der Waals surface area contributed by atoms with Gasteiger partial charge in [0.1, 0.15) is 24.2 Å². The standard InChI is InChI=1S/C21H27N3O6S.ClH/c1-2-19(30-24-31(25,26)17-7-4-3-5-8-17)21-18-10-9-16(15-20(18)29-23-21)28-14-13-27-12-6-11-22;/h3-5,7-10,15,19,24H,2,6,11-14,22H2,1H3;1H. The van der Waals surface area contributed by atoms with Crippen molar-refractivity contribution in [1.82, 2.24) is 10.0 Å². The molecule has 0 amide bonds. The monoisotopic (exact) mass is 485 g/mol. The third-order valence-electron chi connectivity index (χ3n) is 4.49. The lowest BCUT2D eigenvalue weighted by Crippen LogP contribution is -2.26. The van der Waals surface area contributed by atoms with Crippen LogP contribution in [-0.2, 0) is 19.6 Å². The average molecular weight is 486 g/mol. The molecule has 0 saturated carbocycles. The van der Waals surface area contributed by atoms with Crippen molar-refractivity contribution in [3.05, 3.63) is 54.2 Å². The topological polar surface area (TPSA) is 126 Å². The van der Waals surface area contributed by atoms with Crippen molar-refractivity contribution < 1.29 is 27.3 Å². The van der Waals surface area contributed by atoms with Crippen LogP contribution in [0.2, 0.25) is 0 Å². The van der Waals surface area contributed by atoms with Crippen molar-refractivity contribution in [2.24, 2.45) is 5.73 Å². The third-order valence-corrected chi connectivity index (χ3v) is 5.70. The molecule has 0 aliphatic heterocycles. The van der Waals surface area contributed by atoms with Gasteiger partial charge < -0.3 is 19.7 Å². The second-order valence-electron chi connectivity index (χ2n) is 6.74. The van der Waals surface area contributed by atoms with E-state index in [1.807, 2.05) is 13.0 Å². The first kappa shape index (κ1) is 26.0. The second kappa shape index (κ2) is 12.7. The summed E-state index contributed by atoms with van der Waals surface area (Å²) in [6.45, 7) is 3.94. The zero-order chi connectivity index (χ0) is 22.1. The van der Waals surface area contributed by atoms with Gasteiger partial charge in [-0.3, -0.25) is 4.84 Å². The van der Waals surface area contributed by atoms with Crippen LogP contribution in [0.4, 0.5) is 0 Å². The van der Waals surface area contributed by atoms with Crippen molar-refractivity contribution in [3.8, 4) is 5.75 Å². The Hall–Kier alpha value is -2.21. The predicted octanol–water partition coefficient (Wildman–Crippen LogP) is 3.36. The first-order chi connectivity index (χ1) is 15.0. The quantitative estimate of drug-likeness (QED) is 0.279. The highest BCUT2D eigenvalue weighted by molar-refractivity contribution is 7.89. The van der Waals surface area contributed by atoms with Crippen molar-refractivity contribution in [1.29, 1.82) is 0 Å². The van der Waals surface area contributed by atoms with Crippen LogP contribution in [0.1, 0.15) is 31.6 Å². The van der Waals surface area contributed by atoms with Crippen LogP contribution in [-0.4, -0.2) is 39.9 Å². The molecular formula is C21H28ClN3O6S. The van der Waals surface area contributed by atoms with E-state index in [0.29, 0.717) is 49.8 Å². The molecule has 0 spiro atoms. The Morgan fingerprint density at radius 3 is 2.62 bits per heavy atom. The molecular weight excluding hydrogens is 458 g/mol. The van der Waals surface area contributed by atoms with E-state index in [0.717, 1.165) is 11.8 Å². The maximum absolute atomic E-state index is 12.4. The molecule has 0 aliphatic rings. The minimum atomic E-state index is -3.80. The number of ether oxygens (including phenoxy) is 2. The van der Waals surface area contributed by atoms with E-state index in [2.05, 4.69) is 10.0 Å². The molecule has 9 nitrogen and oxygen atoms in total. The van der Waals surface area contributed by atoms with Crippen LogP contribution in [0.15, 0.2) is 57.9 Å². The molecule has 3 rings (SSSR count). The Balaban J connectivity index is 0.00000363. The molecule has 1 unspecified atom stereocenters. The summed E-state index contributed by atoms with van der Waals surface area (Å²) < 4.78 is 41.3. The Labute approximate surface area is 193 Å². The Bertz CT molecular complexity index is 1060. The normalized spacial score (nSPS) is 12.4. The predicted molar refractivity (Wildman–Crippen MR) is 122 cm³/mol. The molecule has 11 heteroatoms. The van der Waals surface area contributed by atoms with E-state index in [9.17, 15) is 8.42 Å². The van der Waals surface area contributed by atoms with Gasteiger partial charge in [-0.1, -0.05) is 35.2 Å². The summed E-state index contributed by atoms with van der Waals surface area (Å²) in [5.41, 5.74) is 6.44. The molecule has 0 aliphatic carbocycles. The number of nitrogens with one attached hydrogen (secondary N) is 1. The van der Waals surface area contributed by atoms with Crippen molar-refractivity contribution in [3.63, 3.8) is 0 Å². The molecule has 0 bridgehead atoms. The zero-order valence-corrected chi connectivity index (χ0v) is 19.4. The number of sulfonamides is 1. The van der Waals surface area contributed by atoms with Gasteiger partial charge in [-0.15, -0.1) is 12.4 Å². The largest absolute Gasteiger partial charge is 0.491 e. The summed E-state index contributed by atoms with van der Waals surface area (Å²) in [4.78, 5) is 7.79. The van der Waals surface area contributed by atoms with Gasteiger partial charge in [0.2, 0.25) is 0 Å². The lowest BCUT2D eigenvalue weighted by atomic mass is 10.1. The highest BCUT2D eigenvalue weighted by atomic mass is 35.5. The fourth-order valence-electron chi connectivity index (χ4n) is 2.87. The Morgan fingerprint density at radius 1 is 1.12 bits per heavy atom. The lowest BCUT2D eigenvalue weighted by Gasteiger charge is -2.14. The van der Waals surface area contributed by atoms with Crippen LogP contribution in [0.3, 0.4) is 0 Å². The van der Waals surface area contributed by atoms with E-state index in [1.54, 1.807) is 30.3 Å². The van der Waals surface area contributed by atoms with Crippen molar-refractivity contribution >= 4 is 33.4 Å². The van der Waals surface area contributed by atoms with E-state index < -0.39 is 16.1 Å². The minimum Gasteiger partial charge on any atom is -0.491 e. The SMILES string of the molecule is CCC(ONS(=O)(=O)c1ccccc1)c1noc2cc(OCCOCCCN)ccc12.Cl. The van der Waals surface area contributed by atoms with Gasteiger partial charge in [0.05, 0.1) is 11.5 Å². The van der Waals surface area contributed by atoms with E-state index >= 15 is 0 Å². The molecule has 3 aromatic rings. The average Bonchev–Trinajstić information content (AvgIpc) is 3.20. The van der Waals surface area contributed by atoms with Gasteiger partial charge in [-0.05, 0) is 43.7 Å². The molecule has 32 heavy (non-hydrogen) atoms. The summed E-state index contributed by atoms with van der Waals surface area (Å²) in [7, 11) is -3.80. The first-order valence-electron chi connectivity index (χ1n) is 10.1. The van der Waals surface area contributed by atoms with Crippen LogP contribution >= 0.6 is 12.4 Å². The summed E-state index contributed by atoms with van der Waals surface area (Å²) in [6.07, 6.45) is 0.675. The maximum atomic E-state index is 12.4. The van der Waals surface area contributed by atoms with E-state index in [4.69, 9.17) is 24.6 Å². The van der Waals surface area contributed by atoms with Gasteiger partial charge >= 0.3 is 0 Å². The number of rotatable bonds is 13. The summed E-state index contributed by atoms with van der Waals surface area (Å²) in [5, 5.41) is 4.80. The summed E-state index contributed by atoms with van der Waals surface area (Å²) in [6, 6.07) is 13.3. The molecule has 2 aromatic carbocycles. The number of aromatic nitrogens is 1. The number of nitrogens with zero attached hydrogens (tertiary/aromatic N) is 1. The van der Waals surface area contributed by atoms with Crippen molar-refractivity contribution in [2.45, 2.75) is 30.8 Å². The zero-order valence-electron chi connectivity index (χ0n) is 17.7. The molecule has 0 radical (unpaired) electrons. The lowest BCUT2D eigenvalue weighted by molar-refractivity contribution is 0.0104. The molecule has 1 aromatic heterocycles. The van der Waals surface area contributed by atoms with Crippen LogP contribution in [0.25, 0.3) is 11.0 Å². The van der Waals surface area contributed by atoms with Gasteiger partial charge in [0, 0.05) is 18.1 Å². The molecule has 1 heterocycles. The Kier molecular flexibility index (Phi) is 10.4. The number of fused-ring (bicyclic) bond motifs is 1. The van der Waals surface area contributed by atoms with Crippen molar-refractivity contribution in [2.75, 3.05) is 26.4 Å². The second-order valence-corrected chi connectivity index (χ2v) is 8.39. The fourth-order valence-corrected chi connectivity index (χ4v) is 3.72. The molecule has 0 saturated heterocycles. The third kappa shape index (κ3) is 6.89. The van der Waals surface area contributed by atoms with Crippen LogP contribution in [0, 0.1) is 0 Å². The highest BCUT2D eigenvalue weighted by Crippen LogP contribution is 2.30. The first-order valence-corrected chi connectivity index (χ1v) is 11.6. The minimum absolute atomic E-state index is 0. The van der Waals surface area contributed by atoms with E-state index in [1.165, 1.54) is 12.1 Å². The summed E-state index contributed by atoms with van der Waals surface area (Å²) in [5.74, 6) is 0.622. The Morgan fingerprint density at radius 2 is 1.91 bits per heavy atom. The number of nitrogens with two attached hydrogens (primary N) is 1. The maximum Gasteiger partial charge on any atom is 0.262 e. The van der Waals surface area contributed by atoms with Crippen LogP contribution < -0.4 is 15.4 Å². The van der Waals surface area contributed by atoms with E-state index in [-0.39, 0.29) is 17.3 Å². The smallest absolute Gasteiger partial charge is 0.262 e. The van der Waals surface area contributed by atoms with Gasteiger partial charge in [0.25, 0.3) is 10.0 Å². The molecule has 0 fully saturated rings. The van der Waals surface area contributed by atoms with Gasteiger partial charge in [-0.25, -0.2) is 8.42 Å². The number of hydrogen-bond acceptors (Lipinski definition) is 8.